The second kappa shape index (κ2) is 7.11. The minimum absolute atomic E-state index is 0.111. The smallest absolute Gasteiger partial charge is 0.125 e. The highest BCUT2D eigenvalue weighted by Crippen LogP contribution is 2.30. The number of fused-ring (bicyclic) bond motifs is 2. The van der Waals surface area contributed by atoms with Crippen molar-refractivity contribution in [3.05, 3.63) is 66.1 Å². The van der Waals surface area contributed by atoms with Crippen molar-refractivity contribution in [1.82, 2.24) is 9.97 Å². The maximum atomic E-state index is 13.5. The Labute approximate surface area is 147 Å². The minimum Gasteiger partial charge on any atom is -0.392 e. The van der Waals surface area contributed by atoms with Gasteiger partial charge in [-0.15, -0.1) is 0 Å². The largest absolute Gasteiger partial charge is 0.392 e. The third-order valence-electron chi connectivity index (χ3n) is 3.89. The molecule has 0 unspecified atom stereocenters. The Morgan fingerprint density at radius 3 is 2.67 bits per heavy atom. The predicted molar refractivity (Wildman–Crippen MR) is 99.8 cm³/mol. The molecule has 0 fully saturated rings. The van der Waals surface area contributed by atoms with Crippen LogP contribution in [0.15, 0.2) is 54.7 Å². The number of aliphatic hydroxyl groups is 1. The van der Waals surface area contributed by atoms with Crippen molar-refractivity contribution in [2.75, 3.05) is 5.83 Å². The Morgan fingerprint density at radius 1 is 1.08 bits per heavy atom. The van der Waals surface area contributed by atoms with E-state index in [0.717, 1.165) is 33.1 Å². The maximum absolute atomic E-state index is 13.5. The Kier molecular flexibility index (Phi) is 4.92. The van der Waals surface area contributed by atoms with E-state index >= 15 is 0 Å². The first-order valence-electron chi connectivity index (χ1n) is 7.40. The first-order chi connectivity index (χ1) is 11.8. The van der Waals surface area contributed by atoms with Crippen LogP contribution in [0.4, 0.5) is 4.39 Å². The molecule has 122 valence electrons. The molecule has 0 radical (unpaired) electrons. The molecule has 2 heterocycles. The lowest BCUT2D eigenvalue weighted by atomic mass is 10.0. The van der Waals surface area contributed by atoms with Gasteiger partial charge in [-0.3, -0.25) is 0 Å². The number of halogens is 2. The molecule has 24 heavy (non-hydrogen) atoms. The van der Waals surface area contributed by atoms with E-state index in [-0.39, 0.29) is 12.4 Å². The van der Waals surface area contributed by atoms with E-state index in [1.54, 1.807) is 6.07 Å². The number of rotatable bonds is 2. The summed E-state index contributed by atoms with van der Waals surface area (Å²) >= 11 is 2.94. The van der Waals surface area contributed by atoms with Crippen LogP contribution in [0.1, 0.15) is 5.56 Å². The number of para-hydroxylation sites is 1. The topological polar surface area (TPSA) is 48.9 Å². The second-order valence-electron chi connectivity index (χ2n) is 5.23. The monoisotopic (exact) mass is 386 g/mol. The quantitative estimate of drug-likeness (QED) is 0.474. The fourth-order valence-corrected chi connectivity index (χ4v) is 2.83. The zero-order chi connectivity index (χ0) is 17.1. The van der Waals surface area contributed by atoms with Gasteiger partial charge in [0.15, 0.2) is 0 Å². The molecule has 3 nitrogen and oxygen atoms in total. The Balaban J connectivity index is 0.000000815. The fourth-order valence-electron chi connectivity index (χ4n) is 2.83. The zero-order valence-electron chi connectivity index (χ0n) is 13.1. The highest BCUT2D eigenvalue weighted by molar-refractivity contribution is 9.08. The molecule has 0 saturated carbocycles. The van der Waals surface area contributed by atoms with Gasteiger partial charge in [0, 0.05) is 34.1 Å². The van der Waals surface area contributed by atoms with Crippen molar-refractivity contribution in [1.29, 1.82) is 0 Å². The van der Waals surface area contributed by atoms with Crippen molar-refractivity contribution in [2.45, 2.75) is 6.61 Å². The van der Waals surface area contributed by atoms with Gasteiger partial charge in [-0.25, -0.2) is 9.37 Å². The standard InChI is InChI=1S/C18H13FN2O.CH3Br/c19-12-5-6-13-11(10-22)7-17(21-18(13)8-12)15-9-20-16-4-2-1-3-14(15)16;1-2/h1-9,20,22H,10H2;1H3. The number of H-pyrrole nitrogens is 1. The summed E-state index contributed by atoms with van der Waals surface area (Å²) in [5.74, 6) is 1.48. The molecule has 0 atom stereocenters. The molecule has 5 heteroatoms. The summed E-state index contributed by atoms with van der Waals surface area (Å²) in [6, 6.07) is 14.2. The maximum Gasteiger partial charge on any atom is 0.125 e. The number of benzene rings is 2. The molecule has 2 N–H and O–H groups in total. The number of aromatic amines is 1. The van der Waals surface area contributed by atoms with E-state index < -0.39 is 0 Å². The summed E-state index contributed by atoms with van der Waals surface area (Å²) in [5.41, 5.74) is 3.97. The molecule has 0 aliphatic rings. The van der Waals surface area contributed by atoms with Gasteiger partial charge in [-0.2, -0.15) is 0 Å². The number of hydrogen-bond acceptors (Lipinski definition) is 2. The third kappa shape index (κ3) is 2.92. The summed E-state index contributed by atoms with van der Waals surface area (Å²) in [5, 5.41) is 11.4. The molecule has 0 aliphatic carbocycles. The summed E-state index contributed by atoms with van der Waals surface area (Å²) in [4.78, 5) is 7.77. The number of aromatic nitrogens is 2. The second-order valence-corrected chi connectivity index (χ2v) is 5.23. The van der Waals surface area contributed by atoms with Crippen molar-refractivity contribution in [2.24, 2.45) is 0 Å². The molecule has 0 spiro atoms. The number of nitrogens with zero attached hydrogens (tertiary/aromatic N) is 1. The van der Waals surface area contributed by atoms with Gasteiger partial charge in [-0.1, -0.05) is 34.1 Å². The van der Waals surface area contributed by atoms with Crippen molar-refractivity contribution in [3.8, 4) is 11.3 Å². The average molecular weight is 387 g/mol. The molecular weight excluding hydrogens is 371 g/mol. The number of hydrogen-bond donors (Lipinski definition) is 2. The van der Waals surface area contributed by atoms with Crippen LogP contribution in [-0.2, 0) is 6.61 Å². The van der Waals surface area contributed by atoms with Gasteiger partial charge in [0.2, 0.25) is 0 Å². The Morgan fingerprint density at radius 2 is 1.88 bits per heavy atom. The van der Waals surface area contributed by atoms with Crippen molar-refractivity contribution in [3.63, 3.8) is 0 Å². The van der Waals surface area contributed by atoms with Crippen LogP contribution in [0.25, 0.3) is 33.1 Å². The number of nitrogens with one attached hydrogen (secondary N) is 1. The van der Waals surface area contributed by atoms with Crippen LogP contribution in [0, 0.1) is 5.82 Å². The third-order valence-corrected chi connectivity index (χ3v) is 3.89. The molecule has 4 rings (SSSR count). The lowest BCUT2D eigenvalue weighted by molar-refractivity contribution is 0.283. The van der Waals surface area contributed by atoms with Crippen molar-refractivity contribution < 1.29 is 9.50 Å². The predicted octanol–water partition coefficient (Wildman–Crippen LogP) is 5.03. The normalized spacial score (nSPS) is 10.7. The lowest BCUT2D eigenvalue weighted by Crippen LogP contribution is -1.93. The van der Waals surface area contributed by atoms with Crippen LogP contribution >= 0.6 is 15.9 Å². The average Bonchev–Trinajstić information content (AvgIpc) is 3.06. The highest BCUT2D eigenvalue weighted by Gasteiger charge is 2.11. The highest BCUT2D eigenvalue weighted by atomic mass is 79.9. The van der Waals surface area contributed by atoms with Crippen LogP contribution in [-0.4, -0.2) is 20.9 Å². The van der Waals surface area contributed by atoms with E-state index in [9.17, 15) is 9.50 Å². The van der Waals surface area contributed by atoms with Gasteiger partial charge in [0.1, 0.15) is 5.82 Å². The van der Waals surface area contributed by atoms with E-state index in [0.29, 0.717) is 5.52 Å². The zero-order valence-corrected chi connectivity index (χ0v) is 14.6. The van der Waals surface area contributed by atoms with E-state index in [1.807, 2.05) is 42.4 Å². The van der Waals surface area contributed by atoms with Crippen LogP contribution in [0.5, 0.6) is 0 Å². The fraction of sp³-hybridized carbons (Fsp3) is 0.105. The summed E-state index contributed by atoms with van der Waals surface area (Å²) in [6.07, 6.45) is 1.89. The first-order valence-corrected chi connectivity index (χ1v) is 8.99. The van der Waals surface area contributed by atoms with Gasteiger partial charge >= 0.3 is 0 Å². The molecule has 0 aliphatic heterocycles. The van der Waals surface area contributed by atoms with Gasteiger partial charge in [0.05, 0.1) is 17.8 Å². The van der Waals surface area contributed by atoms with Crippen LogP contribution < -0.4 is 0 Å². The SMILES string of the molecule is CBr.OCc1cc(-c2c[nH]c3ccccc23)nc2cc(F)ccc12. The summed E-state index contributed by atoms with van der Waals surface area (Å²) in [7, 11) is 0. The lowest BCUT2D eigenvalue weighted by Gasteiger charge is -2.07. The number of alkyl halides is 1. The Bertz CT molecular complexity index is 997. The van der Waals surface area contributed by atoms with Crippen molar-refractivity contribution >= 4 is 37.7 Å². The number of aliphatic hydroxyl groups excluding tert-OH is 1. The van der Waals surface area contributed by atoms with E-state index in [2.05, 4.69) is 25.9 Å². The minimum atomic E-state index is -0.333. The van der Waals surface area contributed by atoms with Gasteiger partial charge in [0.25, 0.3) is 0 Å². The summed E-state index contributed by atoms with van der Waals surface area (Å²) in [6.45, 7) is -0.111. The molecule has 2 aromatic heterocycles. The first kappa shape index (κ1) is 16.6. The molecule has 0 saturated heterocycles. The molecule has 0 bridgehead atoms. The molecule has 0 amide bonds. The Hall–Kier alpha value is -2.24. The molecular formula is C19H16BrFN2O. The molecule has 4 aromatic rings. The summed E-state index contributed by atoms with van der Waals surface area (Å²) < 4.78 is 13.5. The van der Waals surface area contributed by atoms with E-state index in [4.69, 9.17) is 0 Å². The van der Waals surface area contributed by atoms with Gasteiger partial charge in [-0.05, 0) is 35.7 Å². The van der Waals surface area contributed by atoms with Gasteiger partial charge < -0.3 is 10.1 Å². The molecule has 2 aromatic carbocycles. The van der Waals surface area contributed by atoms with Crippen LogP contribution in [0.2, 0.25) is 0 Å². The number of pyridine rings is 1. The van der Waals surface area contributed by atoms with E-state index in [1.165, 1.54) is 12.1 Å². The van der Waals surface area contributed by atoms with Crippen LogP contribution in [0.3, 0.4) is 0 Å².